The molecule has 0 aromatic heterocycles. The van der Waals surface area contributed by atoms with Gasteiger partial charge in [-0.05, 0) is 68.6 Å². The Kier molecular flexibility index (Phi) is 2.33. The largest absolute Gasteiger partial charge is 0.305 e. The molecule has 4 aliphatic rings. The van der Waals surface area contributed by atoms with Gasteiger partial charge in [-0.1, -0.05) is 0 Å². The summed E-state index contributed by atoms with van der Waals surface area (Å²) in [6.45, 7) is 2.32. The van der Waals surface area contributed by atoms with Crippen LogP contribution in [-0.2, 0) is 4.84 Å². The minimum atomic E-state index is 0.538. The third-order valence-corrected chi connectivity index (χ3v) is 5.30. The summed E-state index contributed by atoms with van der Waals surface area (Å²) in [4.78, 5) is 5.14. The molecule has 2 heteroatoms. The first-order chi connectivity index (χ1) is 7.22. The fraction of sp³-hybridized carbons (Fsp3) is 1.00. The number of hydrogen-bond donors (Lipinski definition) is 1. The Balaban J connectivity index is 1.80. The van der Waals surface area contributed by atoms with Gasteiger partial charge in [0.25, 0.3) is 0 Å². The maximum absolute atomic E-state index is 5.14. The third-order valence-electron chi connectivity index (χ3n) is 5.30. The molecule has 1 N–H and O–H groups in total. The molecule has 2 nitrogen and oxygen atoms in total. The van der Waals surface area contributed by atoms with Crippen LogP contribution >= 0.6 is 0 Å². The minimum Gasteiger partial charge on any atom is -0.305 e. The molecule has 0 aromatic carbocycles. The van der Waals surface area contributed by atoms with Crippen LogP contribution in [0.15, 0.2) is 0 Å². The highest BCUT2D eigenvalue weighted by Crippen LogP contribution is 2.61. The zero-order valence-electron chi connectivity index (χ0n) is 9.96. The van der Waals surface area contributed by atoms with Crippen LogP contribution in [0.25, 0.3) is 0 Å². The lowest BCUT2D eigenvalue weighted by Gasteiger charge is -2.58. The fourth-order valence-electron chi connectivity index (χ4n) is 5.01. The average Bonchev–Trinajstić information content (AvgIpc) is 2.15. The Morgan fingerprint density at radius 2 is 1.53 bits per heavy atom. The maximum Gasteiger partial charge on any atom is 0.0572 e. The zero-order chi connectivity index (χ0) is 10.5. The van der Waals surface area contributed by atoms with E-state index in [1.165, 1.54) is 38.5 Å². The molecule has 4 bridgehead atoms. The number of hydrogen-bond acceptors (Lipinski definition) is 2. The summed E-state index contributed by atoms with van der Waals surface area (Å²) in [5.41, 5.74) is 3.78. The van der Waals surface area contributed by atoms with Crippen molar-refractivity contribution in [2.24, 2.45) is 23.2 Å². The van der Waals surface area contributed by atoms with Gasteiger partial charge in [0.1, 0.15) is 0 Å². The number of rotatable bonds is 3. The molecule has 4 rings (SSSR count). The second kappa shape index (κ2) is 3.46. The van der Waals surface area contributed by atoms with Gasteiger partial charge in [0, 0.05) is 6.04 Å². The van der Waals surface area contributed by atoms with E-state index in [1.54, 1.807) is 7.11 Å². The normalized spacial score (nSPS) is 49.6. The molecule has 0 radical (unpaired) electrons. The van der Waals surface area contributed by atoms with Crippen LogP contribution in [0.1, 0.15) is 45.4 Å². The fourth-order valence-corrected chi connectivity index (χ4v) is 5.01. The van der Waals surface area contributed by atoms with Crippen molar-refractivity contribution in [1.29, 1.82) is 0 Å². The standard InChI is InChI=1S/C13H23NO/c1-9(14-15-2)13-6-10-3-11(7-13)5-12(4-10)8-13/h9-12,14H,3-8H2,1-2H3. The molecule has 1 unspecified atom stereocenters. The Morgan fingerprint density at radius 1 is 1.07 bits per heavy atom. The Labute approximate surface area is 92.7 Å². The van der Waals surface area contributed by atoms with Gasteiger partial charge < -0.3 is 4.84 Å². The smallest absolute Gasteiger partial charge is 0.0572 e. The monoisotopic (exact) mass is 209 g/mol. The molecule has 1 atom stereocenters. The van der Waals surface area contributed by atoms with E-state index in [0.29, 0.717) is 11.5 Å². The van der Waals surface area contributed by atoms with Crippen molar-refractivity contribution in [3.8, 4) is 0 Å². The topological polar surface area (TPSA) is 21.3 Å². The van der Waals surface area contributed by atoms with E-state index in [9.17, 15) is 0 Å². The summed E-state index contributed by atoms with van der Waals surface area (Å²) >= 11 is 0. The summed E-state index contributed by atoms with van der Waals surface area (Å²) in [6, 6.07) is 0.538. The van der Waals surface area contributed by atoms with Crippen LogP contribution in [0.5, 0.6) is 0 Å². The first-order valence-corrected chi connectivity index (χ1v) is 6.50. The second-order valence-corrected chi connectivity index (χ2v) is 6.32. The molecule has 4 aliphatic carbocycles. The molecule has 86 valence electrons. The van der Waals surface area contributed by atoms with Gasteiger partial charge in [-0.15, -0.1) is 0 Å². The highest BCUT2D eigenvalue weighted by molar-refractivity contribution is 5.04. The molecule has 0 saturated heterocycles. The maximum atomic E-state index is 5.14. The van der Waals surface area contributed by atoms with Crippen molar-refractivity contribution >= 4 is 0 Å². The van der Waals surface area contributed by atoms with Crippen LogP contribution in [0.4, 0.5) is 0 Å². The summed E-state index contributed by atoms with van der Waals surface area (Å²) in [5.74, 6) is 3.12. The summed E-state index contributed by atoms with van der Waals surface area (Å²) in [7, 11) is 1.75. The lowest BCUT2D eigenvalue weighted by Crippen LogP contribution is -2.54. The van der Waals surface area contributed by atoms with Crippen LogP contribution < -0.4 is 5.48 Å². The first-order valence-electron chi connectivity index (χ1n) is 6.50. The molecule has 0 aromatic rings. The molecular formula is C13H23NO. The molecular weight excluding hydrogens is 186 g/mol. The predicted octanol–water partition coefficient (Wildman–Crippen LogP) is 2.74. The van der Waals surface area contributed by atoms with E-state index >= 15 is 0 Å². The van der Waals surface area contributed by atoms with Gasteiger partial charge in [0.05, 0.1) is 7.11 Å². The molecule has 4 fully saturated rings. The Hall–Kier alpha value is -0.0800. The zero-order valence-corrected chi connectivity index (χ0v) is 9.96. The van der Waals surface area contributed by atoms with Gasteiger partial charge in [0.2, 0.25) is 0 Å². The second-order valence-electron chi connectivity index (χ2n) is 6.32. The third kappa shape index (κ3) is 1.53. The molecule has 0 heterocycles. The van der Waals surface area contributed by atoms with Crippen molar-refractivity contribution < 1.29 is 4.84 Å². The minimum absolute atomic E-state index is 0.538. The highest BCUT2D eigenvalue weighted by Gasteiger charge is 2.53. The van der Waals surface area contributed by atoms with Crippen LogP contribution in [0, 0.1) is 23.2 Å². The van der Waals surface area contributed by atoms with E-state index in [4.69, 9.17) is 4.84 Å². The first kappa shape index (κ1) is 10.1. The Bertz CT molecular complexity index is 216. The van der Waals surface area contributed by atoms with E-state index in [2.05, 4.69) is 12.4 Å². The lowest BCUT2D eigenvalue weighted by molar-refractivity contribution is -0.0989. The number of nitrogens with one attached hydrogen (secondary N) is 1. The summed E-state index contributed by atoms with van der Waals surface area (Å²) in [6.07, 6.45) is 8.94. The van der Waals surface area contributed by atoms with Crippen LogP contribution in [-0.4, -0.2) is 13.2 Å². The quantitative estimate of drug-likeness (QED) is 0.722. The van der Waals surface area contributed by atoms with Crippen LogP contribution in [0.2, 0.25) is 0 Å². The van der Waals surface area contributed by atoms with Gasteiger partial charge in [-0.3, -0.25) is 0 Å². The van der Waals surface area contributed by atoms with Crippen LogP contribution in [0.3, 0.4) is 0 Å². The summed E-state index contributed by atoms with van der Waals surface area (Å²) < 4.78 is 0. The molecule has 0 aliphatic heterocycles. The SMILES string of the molecule is CONC(C)C12CC3CC(CC(C3)C1)C2. The van der Waals surface area contributed by atoms with E-state index in [1.807, 2.05) is 0 Å². The number of hydroxylamine groups is 1. The molecule has 4 saturated carbocycles. The van der Waals surface area contributed by atoms with E-state index in [-0.39, 0.29) is 0 Å². The molecule has 0 amide bonds. The van der Waals surface area contributed by atoms with Crippen molar-refractivity contribution in [2.75, 3.05) is 7.11 Å². The van der Waals surface area contributed by atoms with Crippen molar-refractivity contribution in [3.63, 3.8) is 0 Å². The molecule has 15 heavy (non-hydrogen) atoms. The van der Waals surface area contributed by atoms with Crippen molar-refractivity contribution in [1.82, 2.24) is 5.48 Å². The van der Waals surface area contributed by atoms with E-state index < -0.39 is 0 Å². The van der Waals surface area contributed by atoms with Gasteiger partial charge in [0.15, 0.2) is 0 Å². The van der Waals surface area contributed by atoms with Gasteiger partial charge >= 0.3 is 0 Å². The lowest BCUT2D eigenvalue weighted by atomic mass is 9.48. The predicted molar refractivity (Wildman–Crippen MR) is 60.2 cm³/mol. The van der Waals surface area contributed by atoms with Gasteiger partial charge in [-0.2, -0.15) is 5.48 Å². The molecule has 0 spiro atoms. The van der Waals surface area contributed by atoms with E-state index in [0.717, 1.165) is 17.8 Å². The van der Waals surface area contributed by atoms with Crippen molar-refractivity contribution in [3.05, 3.63) is 0 Å². The average molecular weight is 209 g/mol. The summed E-state index contributed by atoms with van der Waals surface area (Å²) in [5, 5.41) is 0. The highest BCUT2D eigenvalue weighted by atomic mass is 16.6. The Morgan fingerprint density at radius 3 is 1.93 bits per heavy atom. The van der Waals surface area contributed by atoms with Crippen molar-refractivity contribution in [2.45, 2.75) is 51.5 Å². The van der Waals surface area contributed by atoms with Gasteiger partial charge in [-0.25, -0.2) is 0 Å².